The lowest BCUT2D eigenvalue weighted by Gasteiger charge is -2.06. The average molecular weight is 299 g/mol. The first-order valence-corrected chi connectivity index (χ1v) is 7.28. The Morgan fingerprint density at radius 3 is 2.53 bits per heavy atom. The lowest BCUT2D eigenvalue weighted by molar-refractivity contribution is 0.593. The van der Waals surface area contributed by atoms with Crippen LogP contribution in [0.3, 0.4) is 0 Å². The third-order valence-electron chi connectivity index (χ3n) is 2.61. The number of benzene rings is 1. The van der Waals surface area contributed by atoms with E-state index in [1.807, 2.05) is 0 Å². The van der Waals surface area contributed by atoms with Crippen molar-refractivity contribution in [1.82, 2.24) is 10.6 Å². The minimum Gasteiger partial charge on any atom is -0.317 e. The number of nitrogens with one attached hydrogen (secondary N) is 2. The van der Waals surface area contributed by atoms with E-state index >= 15 is 0 Å². The lowest BCUT2D eigenvalue weighted by atomic mass is 10.1. The van der Waals surface area contributed by atoms with Gasteiger partial charge in [0.25, 0.3) is 0 Å². The summed E-state index contributed by atoms with van der Waals surface area (Å²) in [7, 11) is 0. The molecule has 2 nitrogen and oxygen atoms in total. The summed E-state index contributed by atoms with van der Waals surface area (Å²) in [5.41, 5.74) is 1.39. The molecule has 0 aliphatic carbocycles. The molecule has 0 saturated heterocycles. The van der Waals surface area contributed by atoms with Crippen molar-refractivity contribution in [2.75, 3.05) is 26.2 Å². The molecule has 0 aliphatic heterocycles. The monoisotopic (exact) mass is 298 g/mol. The van der Waals surface area contributed by atoms with Crippen LogP contribution in [-0.4, -0.2) is 26.2 Å². The SMILES string of the molecule is CCCNCCCNCCc1cccc(Br)c1. The second-order valence-electron chi connectivity index (χ2n) is 4.23. The quantitative estimate of drug-likeness (QED) is 0.685. The fraction of sp³-hybridized carbons (Fsp3) is 0.571. The van der Waals surface area contributed by atoms with Gasteiger partial charge >= 0.3 is 0 Å². The molecule has 0 saturated carbocycles. The van der Waals surface area contributed by atoms with E-state index in [9.17, 15) is 0 Å². The minimum absolute atomic E-state index is 1.06. The highest BCUT2D eigenvalue weighted by atomic mass is 79.9. The number of rotatable bonds is 9. The lowest BCUT2D eigenvalue weighted by Crippen LogP contribution is -2.23. The Balaban J connectivity index is 1.97. The maximum atomic E-state index is 3.49. The van der Waals surface area contributed by atoms with E-state index in [1.165, 1.54) is 22.9 Å². The van der Waals surface area contributed by atoms with Gasteiger partial charge in [-0.25, -0.2) is 0 Å². The Labute approximate surface area is 113 Å². The molecule has 17 heavy (non-hydrogen) atoms. The van der Waals surface area contributed by atoms with Gasteiger partial charge in [-0.1, -0.05) is 35.0 Å². The van der Waals surface area contributed by atoms with Gasteiger partial charge < -0.3 is 10.6 Å². The van der Waals surface area contributed by atoms with Crippen LogP contribution in [0.4, 0.5) is 0 Å². The molecule has 0 aliphatic rings. The predicted molar refractivity (Wildman–Crippen MR) is 78.5 cm³/mol. The zero-order chi connectivity index (χ0) is 12.3. The second kappa shape index (κ2) is 9.63. The van der Waals surface area contributed by atoms with Gasteiger partial charge in [0.2, 0.25) is 0 Å². The third kappa shape index (κ3) is 7.53. The fourth-order valence-electron chi connectivity index (χ4n) is 1.69. The smallest absolute Gasteiger partial charge is 0.0178 e. The van der Waals surface area contributed by atoms with Gasteiger partial charge in [-0.15, -0.1) is 0 Å². The fourth-order valence-corrected chi connectivity index (χ4v) is 2.14. The molecule has 0 bridgehead atoms. The van der Waals surface area contributed by atoms with E-state index in [1.54, 1.807) is 0 Å². The summed E-state index contributed by atoms with van der Waals surface area (Å²) in [4.78, 5) is 0. The van der Waals surface area contributed by atoms with E-state index < -0.39 is 0 Å². The van der Waals surface area contributed by atoms with Crippen molar-refractivity contribution in [2.45, 2.75) is 26.2 Å². The average Bonchev–Trinajstić information content (AvgIpc) is 2.33. The summed E-state index contributed by atoms with van der Waals surface area (Å²) in [6.45, 7) is 6.62. The van der Waals surface area contributed by atoms with Crippen LogP contribution in [0.25, 0.3) is 0 Å². The molecule has 2 N–H and O–H groups in total. The molecule has 96 valence electrons. The molecule has 0 unspecified atom stereocenters. The second-order valence-corrected chi connectivity index (χ2v) is 5.15. The molecule has 0 spiro atoms. The standard InChI is InChI=1S/C14H23BrN2/c1-2-8-16-9-4-10-17-11-7-13-5-3-6-14(15)12-13/h3,5-6,12,16-17H,2,4,7-11H2,1H3. The van der Waals surface area contributed by atoms with Crippen molar-refractivity contribution in [3.05, 3.63) is 34.3 Å². The molecule has 1 rings (SSSR count). The normalized spacial score (nSPS) is 10.7. The van der Waals surface area contributed by atoms with Gasteiger partial charge in [0.05, 0.1) is 0 Å². The van der Waals surface area contributed by atoms with E-state index in [-0.39, 0.29) is 0 Å². The van der Waals surface area contributed by atoms with Gasteiger partial charge in [0, 0.05) is 4.47 Å². The largest absolute Gasteiger partial charge is 0.317 e. The zero-order valence-electron chi connectivity index (χ0n) is 10.6. The first-order valence-electron chi connectivity index (χ1n) is 6.49. The first-order chi connectivity index (χ1) is 8.33. The van der Waals surface area contributed by atoms with Crippen molar-refractivity contribution >= 4 is 15.9 Å². The number of hydrogen-bond donors (Lipinski definition) is 2. The first kappa shape index (κ1) is 14.7. The van der Waals surface area contributed by atoms with Crippen LogP contribution < -0.4 is 10.6 Å². The predicted octanol–water partition coefficient (Wildman–Crippen LogP) is 2.97. The molecule has 0 heterocycles. The van der Waals surface area contributed by atoms with Crippen molar-refractivity contribution in [1.29, 1.82) is 0 Å². The van der Waals surface area contributed by atoms with Crippen molar-refractivity contribution in [3.8, 4) is 0 Å². The Morgan fingerprint density at radius 1 is 1.06 bits per heavy atom. The summed E-state index contributed by atoms with van der Waals surface area (Å²) in [6, 6.07) is 8.52. The Bertz CT molecular complexity index is 302. The summed E-state index contributed by atoms with van der Waals surface area (Å²) in [6.07, 6.45) is 3.52. The van der Waals surface area contributed by atoms with Crippen LogP contribution >= 0.6 is 15.9 Å². The van der Waals surface area contributed by atoms with E-state index in [0.29, 0.717) is 0 Å². The molecule has 0 amide bonds. The Hall–Kier alpha value is -0.380. The Kier molecular flexibility index (Phi) is 8.32. The molecule has 1 aromatic rings. The highest BCUT2D eigenvalue weighted by Gasteiger charge is 1.94. The van der Waals surface area contributed by atoms with Crippen molar-refractivity contribution in [3.63, 3.8) is 0 Å². The molecule has 0 radical (unpaired) electrons. The topological polar surface area (TPSA) is 24.1 Å². The maximum Gasteiger partial charge on any atom is 0.0178 e. The summed E-state index contributed by atoms with van der Waals surface area (Å²) in [5, 5.41) is 6.88. The zero-order valence-corrected chi connectivity index (χ0v) is 12.2. The van der Waals surface area contributed by atoms with Crippen LogP contribution in [0, 0.1) is 0 Å². The molecule has 1 aromatic carbocycles. The van der Waals surface area contributed by atoms with Gasteiger partial charge in [-0.05, 0) is 63.1 Å². The highest BCUT2D eigenvalue weighted by Crippen LogP contribution is 2.11. The van der Waals surface area contributed by atoms with Gasteiger partial charge in [0.15, 0.2) is 0 Å². The Morgan fingerprint density at radius 2 is 1.82 bits per heavy atom. The summed E-state index contributed by atoms with van der Waals surface area (Å²) >= 11 is 3.49. The van der Waals surface area contributed by atoms with Crippen molar-refractivity contribution in [2.24, 2.45) is 0 Å². The van der Waals surface area contributed by atoms with E-state index in [2.05, 4.69) is 57.8 Å². The summed E-state index contributed by atoms with van der Waals surface area (Å²) < 4.78 is 1.17. The molecule has 0 atom stereocenters. The molecule has 0 aromatic heterocycles. The van der Waals surface area contributed by atoms with E-state index in [4.69, 9.17) is 0 Å². The van der Waals surface area contributed by atoms with Gasteiger partial charge in [0.1, 0.15) is 0 Å². The highest BCUT2D eigenvalue weighted by molar-refractivity contribution is 9.10. The number of halogens is 1. The summed E-state index contributed by atoms with van der Waals surface area (Å²) in [5.74, 6) is 0. The van der Waals surface area contributed by atoms with Gasteiger partial charge in [-0.2, -0.15) is 0 Å². The molecular formula is C14H23BrN2. The van der Waals surface area contributed by atoms with Crippen LogP contribution in [-0.2, 0) is 6.42 Å². The van der Waals surface area contributed by atoms with Crippen LogP contribution in [0.15, 0.2) is 28.7 Å². The maximum absolute atomic E-state index is 3.49. The van der Waals surface area contributed by atoms with Crippen LogP contribution in [0.1, 0.15) is 25.3 Å². The number of hydrogen-bond acceptors (Lipinski definition) is 2. The van der Waals surface area contributed by atoms with Crippen LogP contribution in [0.2, 0.25) is 0 Å². The third-order valence-corrected chi connectivity index (χ3v) is 3.11. The molecule has 0 fully saturated rings. The van der Waals surface area contributed by atoms with Crippen LogP contribution in [0.5, 0.6) is 0 Å². The minimum atomic E-state index is 1.06. The van der Waals surface area contributed by atoms with Gasteiger partial charge in [-0.3, -0.25) is 0 Å². The molecule has 3 heteroatoms. The molecular weight excluding hydrogens is 276 g/mol. The van der Waals surface area contributed by atoms with E-state index in [0.717, 1.165) is 32.6 Å². The van der Waals surface area contributed by atoms with Crippen molar-refractivity contribution < 1.29 is 0 Å².